The lowest BCUT2D eigenvalue weighted by atomic mass is 10.3. The van der Waals surface area contributed by atoms with Gasteiger partial charge in [-0.3, -0.25) is 0 Å². The van der Waals surface area contributed by atoms with Crippen LogP contribution in [0, 0.1) is 0 Å². The SMILES string of the molecule is CC(O)COC(CO)CNCCO. The molecular formula is C8H19NO4. The predicted octanol–water partition coefficient (Wildman–Crippen LogP) is -1.67. The molecule has 5 nitrogen and oxygen atoms in total. The largest absolute Gasteiger partial charge is 0.395 e. The molecule has 5 heteroatoms. The van der Waals surface area contributed by atoms with Gasteiger partial charge in [0.15, 0.2) is 0 Å². The van der Waals surface area contributed by atoms with E-state index in [2.05, 4.69) is 5.32 Å². The van der Waals surface area contributed by atoms with E-state index in [0.29, 0.717) is 13.1 Å². The maximum atomic E-state index is 8.90. The van der Waals surface area contributed by atoms with Crippen molar-refractivity contribution >= 4 is 0 Å². The number of nitrogens with one attached hydrogen (secondary N) is 1. The lowest BCUT2D eigenvalue weighted by Gasteiger charge is -2.16. The first kappa shape index (κ1) is 12.8. The van der Waals surface area contributed by atoms with Crippen molar-refractivity contribution in [1.29, 1.82) is 0 Å². The molecule has 0 aliphatic carbocycles. The molecule has 0 aliphatic heterocycles. The third kappa shape index (κ3) is 8.14. The van der Waals surface area contributed by atoms with Gasteiger partial charge in [0.1, 0.15) is 0 Å². The third-order valence-electron chi connectivity index (χ3n) is 1.44. The number of rotatable bonds is 8. The maximum Gasteiger partial charge on any atom is 0.0931 e. The summed E-state index contributed by atoms with van der Waals surface area (Å²) in [4.78, 5) is 0. The Kier molecular flexibility index (Phi) is 8.27. The van der Waals surface area contributed by atoms with Crippen LogP contribution in [0.15, 0.2) is 0 Å². The molecule has 2 atom stereocenters. The van der Waals surface area contributed by atoms with Crippen LogP contribution in [0.2, 0.25) is 0 Å². The van der Waals surface area contributed by atoms with Gasteiger partial charge in [0, 0.05) is 13.1 Å². The lowest BCUT2D eigenvalue weighted by molar-refractivity contribution is -0.0258. The van der Waals surface area contributed by atoms with Gasteiger partial charge in [-0.05, 0) is 6.92 Å². The molecule has 2 unspecified atom stereocenters. The van der Waals surface area contributed by atoms with Gasteiger partial charge in [-0.15, -0.1) is 0 Å². The molecule has 0 aromatic heterocycles. The standard InChI is InChI=1S/C8H19NO4/c1-7(12)6-13-8(5-11)4-9-2-3-10/h7-12H,2-6H2,1H3. The summed E-state index contributed by atoms with van der Waals surface area (Å²) in [6, 6.07) is 0. The summed E-state index contributed by atoms with van der Waals surface area (Å²) in [6.07, 6.45) is -0.840. The second-order valence-electron chi connectivity index (χ2n) is 2.91. The first-order valence-electron chi connectivity index (χ1n) is 4.42. The average molecular weight is 193 g/mol. The minimum absolute atomic E-state index is 0.0640. The lowest BCUT2D eigenvalue weighted by Crippen LogP contribution is -2.35. The van der Waals surface area contributed by atoms with Crippen molar-refractivity contribution in [1.82, 2.24) is 5.32 Å². The highest BCUT2D eigenvalue weighted by atomic mass is 16.5. The van der Waals surface area contributed by atoms with Crippen LogP contribution in [0.5, 0.6) is 0 Å². The van der Waals surface area contributed by atoms with Gasteiger partial charge in [0.2, 0.25) is 0 Å². The smallest absolute Gasteiger partial charge is 0.0931 e. The van der Waals surface area contributed by atoms with E-state index in [4.69, 9.17) is 20.1 Å². The van der Waals surface area contributed by atoms with E-state index in [0.717, 1.165) is 0 Å². The van der Waals surface area contributed by atoms with Gasteiger partial charge in [0.25, 0.3) is 0 Å². The summed E-state index contributed by atoms with van der Waals surface area (Å²) < 4.78 is 5.16. The molecule has 0 radical (unpaired) electrons. The Bertz CT molecular complexity index is 110. The molecule has 4 N–H and O–H groups in total. The zero-order valence-corrected chi connectivity index (χ0v) is 7.94. The Balaban J connectivity index is 3.39. The monoisotopic (exact) mass is 193 g/mol. The Morgan fingerprint density at radius 1 is 1.38 bits per heavy atom. The van der Waals surface area contributed by atoms with Crippen LogP contribution in [0.3, 0.4) is 0 Å². The van der Waals surface area contributed by atoms with Crippen LogP contribution in [-0.2, 0) is 4.74 Å². The number of hydrogen-bond acceptors (Lipinski definition) is 5. The van der Waals surface area contributed by atoms with Crippen molar-refractivity contribution in [2.24, 2.45) is 0 Å². The molecule has 0 aliphatic rings. The molecule has 0 bridgehead atoms. The fraction of sp³-hybridized carbons (Fsp3) is 1.00. The van der Waals surface area contributed by atoms with Crippen molar-refractivity contribution in [2.75, 3.05) is 32.9 Å². The first-order valence-corrected chi connectivity index (χ1v) is 4.42. The molecule has 0 heterocycles. The molecule has 0 fully saturated rings. The van der Waals surface area contributed by atoms with E-state index in [1.807, 2.05) is 0 Å². The molecular weight excluding hydrogens is 174 g/mol. The molecule has 0 saturated carbocycles. The molecule has 13 heavy (non-hydrogen) atoms. The molecule has 0 saturated heterocycles. The van der Waals surface area contributed by atoms with E-state index in [9.17, 15) is 0 Å². The van der Waals surface area contributed by atoms with Gasteiger partial charge in [0.05, 0.1) is 32.0 Å². The van der Waals surface area contributed by atoms with Crippen LogP contribution in [0.1, 0.15) is 6.92 Å². The summed E-state index contributed by atoms with van der Waals surface area (Å²) in [5.41, 5.74) is 0. The van der Waals surface area contributed by atoms with Crippen molar-refractivity contribution in [3.05, 3.63) is 0 Å². The normalized spacial score (nSPS) is 15.7. The van der Waals surface area contributed by atoms with Crippen molar-refractivity contribution in [3.63, 3.8) is 0 Å². The van der Waals surface area contributed by atoms with Crippen LogP contribution in [-0.4, -0.2) is 60.4 Å². The second-order valence-corrected chi connectivity index (χ2v) is 2.91. The summed E-state index contributed by atoms with van der Waals surface area (Å²) in [6.45, 7) is 2.76. The predicted molar refractivity (Wildman–Crippen MR) is 48.5 cm³/mol. The Morgan fingerprint density at radius 3 is 2.54 bits per heavy atom. The summed E-state index contributed by atoms with van der Waals surface area (Å²) >= 11 is 0. The van der Waals surface area contributed by atoms with Crippen molar-refractivity contribution < 1.29 is 20.1 Å². The van der Waals surface area contributed by atoms with Gasteiger partial charge < -0.3 is 25.4 Å². The van der Waals surface area contributed by atoms with E-state index in [1.54, 1.807) is 6.92 Å². The van der Waals surface area contributed by atoms with Crippen LogP contribution < -0.4 is 5.32 Å². The minimum atomic E-state index is -0.521. The van der Waals surface area contributed by atoms with Gasteiger partial charge in [-0.2, -0.15) is 0 Å². The molecule has 0 spiro atoms. The Morgan fingerprint density at radius 2 is 2.08 bits per heavy atom. The maximum absolute atomic E-state index is 8.90. The number of hydrogen-bond donors (Lipinski definition) is 4. The average Bonchev–Trinajstić information content (AvgIpc) is 2.10. The summed E-state index contributed by atoms with van der Waals surface area (Å²) in [5.74, 6) is 0. The third-order valence-corrected chi connectivity index (χ3v) is 1.44. The fourth-order valence-corrected chi connectivity index (χ4v) is 0.794. The zero-order chi connectivity index (χ0) is 10.1. The molecule has 0 rings (SSSR count). The van der Waals surface area contributed by atoms with Gasteiger partial charge in [-0.1, -0.05) is 0 Å². The Labute approximate surface area is 78.3 Å². The zero-order valence-electron chi connectivity index (χ0n) is 7.94. The van der Waals surface area contributed by atoms with Crippen LogP contribution >= 0.6 is 0 Å². The number of ether oxygens (including phenoxy) is 1. The quantitative estimate of drug-likeness (QED) is 0.346. The number of aliphatic hydroxyl groups excluding tert-OH is 3. The summed E-state index contributed by atoms with van der Waals surface area (Å²) in [7, 11) is 0. The topological polar surface area (TPSA) is 82.0 Å². The molecule has 0 aromatic carbocycles. The van der Waals surface area contributed by atoms with Crippen LogP contribution in [0.4, 0.5) is 0 Å². The van der Waals surface area contributed by atoms with E-state index >= 15 is 0 Å². The fourth-order valence-electron chi connectivity index (χ4n) is 0.794. The van der Waals surface area contributed by atoms with Crippen LogP contribution in [0.25, 0.3) is 0 Å². The highest BCUT2D eigenvalue weighted by molar-refractivity contribution is 4.60. The van der Waals surface area contributed by atoms with Crippen molar-refractivity contribution in [3.8, 4) is 0 Å². The van der Waals surface area contributed by atoms with E-state index in [-0.39, 0.29) is 25.9 Å². The van der Waals surface area contributed by atoms with E-state index < -0.39 is 6.10 Å². The molecule has 0 aromatic rings. The Hall–Kier alpha value is -0.200. The highest BCUT2D eigenvalue weighted by Crippen LogP contribution is 1.91. The van der Waals surface area contributed by atoms with Gasteiger partial charge in [-0.25, -0.2) is 0 Å². The summed E-state index contributed by atoms with van der Waals surface area (Å²) in [5, 5.41) is 29.1. The molecule has 0 amide bonds. The highest BCUT2D eigenvalue weighted by Gasteiger charge is 2.07. The number of aliphatic hydroxyl groups is 3. The minimum Gasteiger partial charge on any atom is -0.395 e. The second kappa shape index (κ2) is 8.40. The van der Waals surface area contributed by atoms with Crippen molar-refractivity contribution in [2.45, 2.75) is 19.1 Å². The van der Waals surface area contributed by atoms with Gasteiger partial charge >= 0.3 is 0 Å². The molecule has 80 valence electrons. The first-order chi connectivity index (χ1) is 6.20. The van der Waals surface area contributed by atoms with E-state index in [1.165, 1.54) is 0 Å².